The molecule has 0 saturated heterocycles. The van der Waals surface area contributed by atoms with Gasteiger partial charge in [0.15, 0.2) is 5.75 Å². The van der Waals surface area contributed by atoms with E-state index in [9.17, 15) is 13.2 Å². The minimum atomic E-state index is -4.80. The van der Waals surface area contributed by atoms with Gasteiger partial charge >= 0.3 is 6.36 Å². The zero-order valence-corrected chi connectivity index (χ0v) is 16.7. The Morgan fingerprint density at radius 2 is 1.68 bits per heavy atom. The summed E-state index contributed by atoms with van der Waals surface area (Å²) >= 11 is 0. The Kier molecular flexibility index (Phi) is 6.20. The van der Waals surface area contributed by atoms with Crippen LogP contribution in [-0.4, -0.2) is 27.4 Å². The van der Waals surface area contributed by atoms with Crippen LogP contribution in [0.15, 0.2) is 54.7 Å². The SMILES string of the molecule is FC(F)(F)Oc1ccccc1Nc1cc(-c2ccccn2)nc(NC2CCCCC2)n1. The van der Waals surface area contributed by atoms with Crippen LogP contribution >= 0.6 is 0 Å². The molecule has 1 aliphatic rings. The zero-order chi connectivity index (χ0) is 21.7. The molecule has 0 aliphatic heterocycles. The van der Waals surface area contributed by atoms with Crippen molar-refractivity contribution in [2.24, 2.45) is 0 Å². The van der Waals surface area contributed by atoms with E-state index in [0.29, 0.717) is 23.2 Å². The van der Waals surface area contributed by atoms with E-state index in [2.05, 4.69) is 30.3 Å². The molecule has 0 atom stereocenters. The van der Waals surface area contributed by atoms with E-state index in [-0.39, 0.29) is 17.5 Å². The maximum atomic E-state index is 12.8. The van der Waals surface area contributed by atoms with E-state index in [1.807, 2.05) is 12.1 Å². The van der Waals surface area contributed by atoms with Gasteiger partial charge < -0.3 is 15.4 Å². The highest BCUT2D eigenvalue weighted by Crippen LogP contribution is 2.33. The summed E-state index contributed by atoms with van der Waals surface area (Å²) in [7, 11) is 0. The fourth-order valence-electron chi connectivity index (χ4n) is 3.57. The summed E-state index contributed by atoms with van der Waals surface area (Å²) in [6.07, 6.45) is 2.43. The van der Waals surface area contributed by atoms with Gasteiger partial charge in [-0.2, -0.15) is 4.98 Å². The average Bonchev–Trinajstić information content (AvgIpc) is 2.75. The third-order valence-electron chi connectivity index (χ3n) is 4.97. The van der Waals surface area contributed by atoms with Crippen LogP contribution in [0.2, 0.25) is 0 Å². The molecule has 0 spiro atoms. The van der Waals surface area contributed by atoms with Crippen molar-refractivity contribution in [3.8, 4) is 17.1 Å². The van der Waals surface area contributed by atoms with Gasteiger partial charge in [-0.1, -0.05) is 37.5 Å². The van der Waals surface area contributed by atoms with Gasteiger partial charge in [-0.05, 0) is 37.1 Å². The molecule has 2 aromatic heterocycles. The number of para-hydroxylation sites is 2. The Labute approximate surface area is 177 Å². The molecule has 6 nitrogen and oxygen atoms in total. The molecule has 0 amide bonds. The molecule has 31 heavy (non-hydrogen) atoms. The quantitative estimate of drug-likeness (QED) is 0.506. The monoisotopic (exact) mass is 429 g/mol. The van der Waals surface area contributed by atoms with Crippen molar-refractivity contribution in [2.75, 3.05) is 10.6 Å². The Bertz CT molecular complexity index is 1010. The van der Waals surface area contributed by atoms with E-state index in [1.54, 1.807) is 24.4 Å². The Morgan fingerprint density at radius 3 is 2.42 bits per heavy atom. The number of rotatable bonds is 6. The topological polar surface area (TPSA) is 72.0 Å². The van der Waals surface area contributed by atoms with E-state index in [4.69, 9.17) is 0 Å². The molecule has 1 fully saturated rings. The molecule has 0 radical (unpaired) electrons. The summed E-state index contributed by atoms with van der Waals surface area (Å²) < 4.78 is 42.5. The van der Waals surface area contributed by atoms with Gasteiger partial charge in [0, 0.05) is 18.3 Å². The molecule has 2 heterocycles. The van der Waals surface area contributed by atoms with Crippen molar-refractivity contribution in [3.05, 3.63) is 54.7 Å². The number of alkyl halides is 3. The molecule has 9 heteroatoms. The highest BCUT2D eigenvalue weighted by molar-refractivity contribution is 5.68. The van der Waals surface area contributed by atoms with Gasteiger partial charge in [-0.15, -0.1) is 13.2 Å². The van der Waals surface area contributed by atoms with Crippen molar-refractivity contribution >= 4 is 17.5 Å². The maximum Gasteiger partial charge on any atom is 0.573 e. The van der Waals surface area contributed by atoms with Gasteiger partial charge in [-0.3, -0.25) is 4.98 Å². The van der Waals surface area contributed by atoms with E-state index in [0.717, 1.165) is 25.7 Å². The molecular weight excluding hydrogens is 407 g/mol. The predicted octanol–water partition coefficient (Wildman–Crippen LogP) is 5.93. The lowest BCUT2D eigenvalue weighted by molar-refractivity contribution is -0.274. The first-order valence-electron chi connectivity index (χ1n) is 10.1. The number of aromatic nitrogens is 3. The second-order valence-electron chi connectivity index (χ2n) is 7.33. The normalized spacial score (nSPS) is 14.8. The fraction of sp³-hybridized carbons (Fsp3) is 0.318. The van der Waals surface area contributed by atoms with Gasteiger partial charge in [0.1, 0.15) is 5.82 Å². The molecule has 0 bridgehead atoms. The van der Waals surface area contributed by atoms with Crippen LogP contribution in [0.1, 0.15) is 32.1 Å². The van der Waals surface area contributed by atoms with Crippen LogP contribution in [0.25, 0.3) is 11.4 Å². The fourth-order valence-corrected chi connectivity index (χ4v) is 3.57. The number of hydrogen-bond donors (Lipinski definition) is 2. The van der Waals surface area contributed by atoms with Gasteiger partial charge in [0.2, 0.25) is 5.95 Å². The molecule has 162 valence electrons. The minimum Gasteiger partial charge on any atom is -0.404 e. The lowest BCUT2D eigenvalue weighted by atomic mass is 9.96. The van der Waals surface area contributed by atoms with Crippen LogP contribution < -0.4 is 15.4 Å². The number of anilines is 3. The first kappa shape index (κ1) is 20.9. The van der Waals surface area contributed by atoms with E-state index >= 15 is 0 Å². The zero-order valence-electron chi connectivity index (χ0n) is 16.7. The maximum absolute atomic E-state index is 12.8. The average molecular weight is 429 g/mol. The van der Waals surface area contributed by atoms with Crippen molar-refractivity contribution < 1.29 is 17.9 Å². The smallest absolute Gasteiger partial charge is 0.404 e. The molecule has 3 aromatic rings. The largest absolute Gasteiger partial charge is 0.573 e. The lowest BCUT2D eigenvalue weighted by Gasteiger charge is -2.23. The lowest BCUT2D eigenvalue weighted by Crippen LogP contribution is -2.23. The van der Waals surface area contributed by atoms with Gasteiger partial charge in [-0.25, -0.2) is 4.98 Å². The highest BCUT2D eigenvalue weighted by atomic mass is 19.4. The molecule has 1 aromatic carbocycles. The Hall–Kier alpha value is -3.36. The van der Waals surface area contributed by atoms with Crippen molar-refractivity contribution in [3.63, 3.8) is 0 Å². The molecule has 2 N–H and O–H groups in total. The summed E-state index contributed by atoms with van der Waals surface area (Å²) in [5.74, 6) is 0.411. The number of hydrogen-bond acceptors (Lipinski definition) is 6. The number of benzene rings is 1. The summed E-state index contributed by atoms with van der Waals surface area (Å²) in [5, 5.41) is 6.31. The minimum absolute atomic E-state index is 0.147. The molecule has 1 aliphatic carbocycles. The molecule has 4 rings (SSSR count). The van der Waals surface area contributed by atoms with Crippen LogP contribution in [0.3, 0.4) is 0 Å². The van der Waals surface area contributed by atoms with E-state index < -0.39 is 6.36 Å². The third-order valence-corrected chi connectivity index (χ3v) is 4.97. The standard InChI is InChI=1S/C22H22F3N5O/c23-22(24,25)31-19-12-5-4-11-17(19)28-20-14-18(16-10-6-7-13-26-16)29-21(30-20)27-15-8-2-1-3-9-15/h4-7,10-15H,1-3,8-9H2,(H2,27,28,29,30). The number of ether oxygens (including phenoxy) is 1. The van der Waals surface area contributed by atoms with Crippen LogP contribution in [0, 0.1) is 0 Å². The second kappa shape index (κ2) is 9.20. The highest BCUT2D eigenvalue weighted by Gasteiger charge is 2.32. The molecule has 0 unspecified atom stereocenters. The van der Waals surface area contributed by atoms with Gasteiger partial charge in [0.25, 0.3) is 0 Å². The summed E-state index contributed by atoms with van der Waals surface area (Å²) in [6.45, 7) is 0. The van der Waals surface area contributed by atoms with Crippen LogP contribution in [-0.2, 0) is 0 Å². The summed E-state index contributed by atoms with van der Waals surface area (Å²) in [4.78, 5) is 13.4. The van der Waals surface area contributed by atoms with Crippen molar-refractivity contribution in [1.29, 1.82) is 0 Å². The van der Waals surface area contributed by atoms with Gasteiger partial charge in [0.05, 0.1) is 17.1 Å². The summed E-state index contributed by atoms with van der Waals surface area (Å²) in [6, 6.07) is 13.2. The molecule has 1 saturated carbocycles. The van der Waals surface area contributed by atoms with Crippen molar-refractivity contribution in [1.82, 2.24) is 15.0 Å². The van der Waals surface area contributed by atoms with Crippen LogP contribution in [0.5, 0.6) is 5.75 Å². The Morgan fingerprint density at radius 1 is 0.903 bits per heavy atom. The number of nitrogens with zero attached hydrogens (tertiary/aromatic N) is 3. The number of halogens is 3. The third kappa shape index (κ3) is 5.84. The number of pyridine rings is 1. The first-order chi connectivity index (χ1) is 15.0. The molecular formula is C22H22F3N5O. The second-order valence-corrected chi connectivity index (χ2v) is 7.33. The first-order valence-corrected chi connectivity index (χ1v) is 10.1. The Balaban J connectivity index is 1.66. The van der Waals surface area contributed by atoms with Crippen LogP contribution in [0.4, 0.5) is 30.6 Å². The van der Waals surface area contributed by atoms with Crippen molar-refractivity contribution in [2.45, 2.75) is 44.5 Å². The summed E-state index contributed by atoms with van der Waals surface area (Å²) in [5.41, 5.74) is 1.35. The van der Waals surface area contributed by atoms with E-state index in [1.165, 1.54) is 24.6 Å². The predicted molar refractivity (Wildman–Crippen MR) is 112 cm³/mol. The number of nitrogens with one attached hydrogen (secondary N) is 2.